The van der Waals surface area contributed by atoms with Crippen LogP contribution in [0.2, 0.25) is 0 Å². The Morgan fingerprint density at radius 1 is 1.25 bits per heavy atom. The molecule has 0 spiro atoms. The maximum Gasteiger partial charge on any atom is 0.303 e. The normalized spacial score (nSPS) is 19.8. The molecule has 1 fully saturated rings. The summed E-state index contributed by atoms with van der Waals surface area (Å²) in [5.41, 5.74) is 3.48. The first-order valence-electron chi connectivity index (χ1n) is 9.90. The van der Waals surface area contributed by atoms with Crippen LogP contribution in [0.4, 0.5) is 0 Å². The average molecular weight is 400 g/mol. The van der Waals surface area contributed by atoms with Crippen molar-refractivity contribution in [2.75, 3.05) is 13.2 Å². The molecule has 0 radical (unpaired) electrons. The summed E-state index contributed by atoms with van der Waals surface area (Å²) in [4.78, 5) is 16.6. The summed E-state index contributed by atoms with van der Waals surface area (Å²) in [5.74, 6) is -0.0208. The van der Waals surface area contributed by atoms with Gasteiger partial charge in [-0.05, 0) is 54.7 Å². The van der Waals surface area contributed by atoms with Crippen molar-refractivity contribution in [1.29, 1.82) is 0 Å². The summed E-state index contributed by atoms with van der Waals surface area (Å²) in [6, 6.07) is 10.5. The zero-order valence-corrected chi connectivity index (χ0v) is 16.6. The molecule has 0 bridgehead atoms. The van der Waals surface area contributed by atoms with Crippen LogP contribution in [0.25, 0.3) is 11.1 Å². The van der Waals surface area contributed by atoms with Crippen LogP contribution in [0.3, 0.4) is 0 Å². The number of carboxylic acid groups (broad SMARTS) is 1. The lowest BCUT2D eigenvalue weighted by molar-refractivity contribution is -0.137. The van der Waals surface area contributed by atoms with Gasteiger partial charge in [0.05, 0.1) is 13.2 Å². The second-order valence-electron chi connectivity index (χ2n) is 7.32. The van der Waals surface area contributed by atoms with Crippen molar-refractivity contribution in [3.63, 3.8) is 0 Å². The SMILES string of the molecule is O=C(O)CCC1CCc2cc(-c3cccnc3OC3CCOCC3)ccc2S1. The maximum absolute atomic E-state index is 10.8. The number of ether oxygens (including phenoxy) is 2. The molecule has 0 amide bonds. The number of aryl methyl sites for hydroxylation is 1. The molecule has 1 atom stereocenters. The molecule has 1 saturated heterocycles. The van der Waals surface area contributed by atoms with E-state index in [1.54, 1.807) is 6.20 Å². The van der Waals surface area contributed by atoms with Crippen LogP contribution < -0.4 is 4.74 Å². The highest BCUT2D eigenvalue weighted by atomic mass is 32.2. The number of benzene rings is 1. The van der Waals surface area contributed by atoms with Gasteiger partial charge in [0.25, 0.3) is 0 Å². The van der Waals surface area contributed by atoms with E-state index >= 15 is 0 Å². The largest absolute Gasteiger partial charge is 0.481 e. The number of nitrogens with zero attached hydrogens (tertiary/aromatic N) is 1. The molecular formula is C22H25NO4S. The van der Waals surface area contributed by atoms with Gasteiger partial charge in [-0.3, -0.25) is 4.79 Å². The number of hydrogen-bond donors (Lipinski definition) is 1. The fraction of sp³-hybridized carbons (Fsp3) is 0.455. The second kappa shape index (κ2) is 8.97. The number of rotatable bonds is 6. The monoisotopic (exact) mass is 399 g/mol. The molecule has 1 aromatic heterocycles. The van der Waals surface area contributed by atoms with Crippen LogP contribution >= 0.6 is 11.8 Å². The number of fused-ring (bicyclic) bond motifs is 1. The van der Waals surface area contributed by atoms with E-state index in [-0.39, 0.29) is 12.5 Å². The van der Waals surface area contributed by atoms with Gasteiger partial charge in [0.15, 0.2) is 0 Å². The molecule has 2 aromatic rings. The van der Waals surface area contributed by atoms with Crippen LogP contribution in [0.5, 0.6) is 5.88 Å². The lowest BCUT2D eigenvalue weighted by Crippen LogP contribution is -2.26. The van der Waals surface area contributed by atoms with Crippen LogP contribution in [0.1, 0.15) is 37.7 Å². The predicted molar refractivity (Wildman–Crippen MR) is 109 cm³/mol. The molecule has 1 N–H and O–H groups in total. The molecule has 1 aromatic carbocycles. The van der Waals surface area contributed by atoms with Crippen LogP contribution in [-0.4, -0.2) is 40.6 Å². The minimum atomic E-state index is -0.713. The first-order chi connectivity index (χ1) is 13.7. The van der Waals surface area contributed by atoms with Gasteiger partial charge in [0.1, 0.15) is 6.10 Å². The Labute approximate surface area is 169 Å². The zero-order chi connectivity index (χ0) is 19.3. The number of thioether (sulfide) groups is 1. The van der Waals surface area contributed by atoms with E-state index in [4.69, 9.17) is 14.6 Å². The summed E-state index contributed by atoms with van der Waals surface area (Å²) < 4.78 is 11.6. The van der Waals surface area contributed by atoms with Crippen molar-refractivity contribution in [3.8, 4) is 17.0 Å². The summed E-state index contributed by atoms with van der Waals surface area (Å²) in [5, 5.41) is 9.30. The van der Waals surface area contributed by atoms with E-state index in [0.717, 1.165) is 56.4 Å². The number of carbonyl (C=O) groups is 1. The Balaban J connectivity index is 1.51. The van der Waals surface area contributed by atoms with E-state index in [9.17, 15) is 4.79 Å². The number of pyridine rings is 1. The molecule has 2 aliphatic heterocycles. The minimum Gasteiger partial charge on any atom is -0.481 e. The van der Waals surface area contributed by atoms with Crippen molar-refractivity contribution in [2.24, 2.45) is 0 Å². The van der Waals surface area contributed by atoms with Crippen molar-refractivity contribution in [1.82, 2.24) is 4.98 Å². The Bertz CT molecular complexity index is 835. The van der Waals surface area contributed by atoms with Gasteiger partial charge in [-0.15, -0.1) is 11.8 Å². The highest BCUT2D eigenvalue weighted by Gasteiger charge is 2.22. The third-order valence-electron chi connectivity index (χ3n) is 5.30. The van der Waals surface area contributed by atoms with Gasteiger partial charge >= 0.3 is 5.97 Å². The number of hydrogen-bond acceptors (Lipinski definition) is 5. The number of carboxylic acids is 1. The Kier molecular flexibility index (Phi) is 6.17. The predicted octanol–water partition coefficient (Wildman–Crippen LogP) is 4.58. The standard InChI is InChI=1S/C22H25NO4S/c24-21(25)8-6-18-5-3-16-14-15(4-7-20(16)28-18)19-2-1-11-23-22(19)27-17-9-12-26-13-10-17/h1-2,4,7,11,14,17-18H,3,5-6,8-10,12-13H2,(H,24,25). The summed E-state index contributed by atoms with van der Waals surface area (Å²) >= 11 is 1.81. The highest BCUT2D eigenvalue weighted by molar-refractivity contribution is 8.00. The molecule has 4 rings (SSSR count). The van der Waals surface area contributed by atoms with E-state index in [1.165, 1.54) is 10.5 Å². The Morgan fingerprint density at radius 2 is 2.11 bits per heavy atom. The van der Waals surface area contributed by atoms with Crippen LogP contribution in [0, 0.1) is 0 Å². The average Bonchev–Trinajstić information content (AvgIpc) is 2.73. The van der Waals surface area contributed by atoms with E-state index in [0.29, 0.717) is 11.1 Å². The summed E-state index contributed by atoms with van der Waals surface area (Å²) in [6.45, 7) is 1.48. The smallest absolute Gasteiger partial charge is 0.303 e. The maximum atomic E-state index is 10.8. The first-order valence-corrected chi connectivity index (χ1v) is 10.8. The molecule has 0 saturated carbocycles. The molecule has 148 valence electrons. The van der Waals surface area contributed by atoms with Gasteiger partial charge in [-0.1, -0.05) is 6.07 Å². The van der Waals surface area contributed by atoms with Crippen LogP contribution in [0.15, 0.2) is 41.4 Å². The third kappa shape index (κ3) is 4.67. The second-order valence-corrected chi connectivity index (χ2v) is 8.66. The third-order valence-corrected chi connectivity index (χ3v) is 6.76. The topological polar surface area (TPSA) is 68.7 Å². The molecule has 5 nitrogen and oxygen atoms in total. The number of aliphatic carboxylic acids is 1. The quantitative estimate of drug-likeness (QED) is 0.767. The molecule has 3 heterocycles. The molecule has 1 unspecified atom stereocenters. The van der Waals surface area contributed by atoms with E-state index in [2.05, 4.69) is 29.2 Å². The zero-order valence-electron chi connectivity index (χ0n) is 15.8. The lowest BCUT2D eigenvalue weighted by atomic mass is 9.99. The van der Waals surface area contributed by atoms with Gasteiger partial charge in [0.2, 0.25) is 5.88 Å². The summed E-state index contributed by atoms with van der Waals surface area (Å²) in [7, 11) is 0. The van der Waals surface area contributed by atoms with Crippen LogP contribution in [-0.2, 0) is 16.0 Å². The molecule has 2 aliphatic rings. The Morgan fingerprint density at radius 3 is 2.93 bits per heavy atom. The van der Waals surface area contributed by atoms with Gasteiger partial charge < -0.3 is 14.6 Å². The van der Waals surface area contributed by atoms with Crippen molar-refractivity contribution in [3.05, 3.63) is 42.1 Å². The number of aromatic nitrogens is 1. The van der Waals surface area contributed by atoms with E-state index in [1.807, 2.05) is 17.8 Å². The molecule has 28 heavy (non-hydrogen) atoms. The minimum absolute atomic E-state index is 0.158. The fourth-order valence-corrected chi connectivity index (χ4v) is 5.05. The van der Waals surface area contributed by atoms with Gasteiger partial charge in [0, 0.05) is 41.2 Å². The highest BCUT2D eigenvalue weighted by Crippen LogP contribution is 2.40. The van der Waals surface area contributed by atoms with Crippen molar-refractivity contribution >= 4 is 17.7 Å². The van der Waals surface area contributed by atoms with Gasteiger partial charge in [-0.2, -0.15) is 0 Å². The molecule has 6 heteroatoms. The molecular weight excluding hydrogens is 374 g/mol. The first kappa shape index (κ1) is 19.3. The Hall–Kier alpha value is -2.05. The lowest BCUT2D eigenvalue weighted by Gasteiger charge is -2.25. The van der Waals surface area contributed by atoms with Gasteiger partial charge in [-0.25, -0.2) is 4.98 Å². The summed E-state index contributed by atoms with van der Waals surface area (Å²) in [6.07, 6.45) is 6.71. The van der Waals surface area contributed by atoms with Crippen molar-refractivity contribution in [2.45, 2.75) is 54.8 Å². The molecule has 0 aliphatic carbocycles. The fourth-order valence-electron chi connectivity index (χ4n) is 3.76. The van der Waals surface area contributed by atoms with E-state index < -0.39 is 5.97 Å². The van der Waals surface area contributed by atoms with Crippen molar-refractivity contribution < 1.29 is 19.4 Å².